The highest BCUT2D eigenvalue weighted by atomic mass is 32.2. The van der Waals surface area contributed by atoms with E-state index in [-0.39, 0.29) is 16.6 Å². The van der Waals surface area contributed by atoms with Gasteiger partial charge in [-0.05, 0) is 36.4 Å². The van der Waals surface area contributed by atoms with Crippen molar-refractivity contribution in [1.82, 2.24) is 9.88 Å². The zero-order valence-electron chi connectivity index (χ0n) is 15.5. The van der Waals surface area contributed by atoms with Gasteiger partial charge >= 0.3 is 0 Å². The van der Waals surface area contributed by atoms with E-state index in [1.165, 1.54) is 12.1 Å². The normalized spacial score (nSPS) is 15.2. The minimum absolute atomic E-state index is 0.0496. The molecule has 2 aromatic carbocycles. The molecule has 2 heterocycles. The standard InChI is InChI=1S/C20H21N3O3S2/c1-2-28(25,26)16-9-7-15(8-10-16)19(24)22-11-13-23(14-12-22)20-21-17-5-3-4-6-18(17)27-20/h3-10H,2,11-14H2,1H3. The Kier molecular flexibility index (Phi) is 5.07. The molecule has 0 N–H and O–H groups in total. The van der Waals surface area contributed by atoms with Crippen molar-refractivity contribution in [2.75, 3.05) is 36.8 Å². The number of nitrogens with zero attached hydrogens (tertiary/aromatic N) is 3. The zero-order chi connectivity index (χ0) is 19.7. The lowest BCUT2D eigenvalue weighted by atomic mass is 10.2. The summed E-state index contributed by atoms with van der Waals surface area (Å²) >= 11 is 1.67. The molecule has 3 aromatic rings. The van der Waals surface area contributed by atoms with Gasteiger partial charge in [-0.2, -0.15) is 0 Å². The number of fused-ring (bicyclic) bond motifs is 1. The minimum Gasteiger partial charge on any atom is -0.345 e. The highest BCUT2D eigenvalue weighted by molar-refractivity contribution is 7.91. The lowest BCUT2D eigenvalue weighted by Crippen LogP contribution is -2.48. The second-order valence-electron chi connectivity index (χ2n) is 6.67. The largest absolute Gasteiger partial charge is 0.345 e. The molecule has 0 spiro atoms. The van der Waals surface area contributed by atoms with Crippen LogP contribution in [0, 0.1) is 0 Å². The molecule has 146 valence electrons. The van der Waals surface area contributed by atoms with Gasteiger partial charge in [0.15, 0.2) is 15.0 Å². The predicted octanol–water partition coefficient (Wildman–Crippen LogP) is 3.05. The van der Waals surface area contributed by atoms with Gasteiger partial charge in [-0.25, -0.2) is 13.4 Å². The molecule has 0 aliphatic carbocycles. The Bertz CT molecular complexity index is 1070. The Balaban J connectivity index is 1.42. The molecule has 1 fully saturated rings. The number of thiazole rings is 1. The fourth-order valence-corrected chi connectivity index (χ4v) is 5.15. The number of rotatable bonds is 4. The number of sulfone groups is 1. The molecule has 6 nitrogen and oxygen atoms in total. The topological polar surface area (TPSA) is 70.6 Å². The molecular weight excluding hydrogens is 394 g/mol. The first kappa shape index (κ1) is 18.9. The summed E-state index contributed by atoms with van der Waals surface area (Å²) in [6, 6.07) is 14.3. The number of aromatic nitrogens is 1. The molecule has 0 atom stereocenters. The third-order valence-corrected chi connectivity index (χ3v) is 7.81. The summed E-state index contributed by atoms with van der Waals surface area (Å²) in [7, 11) is -3.25. The molecule has 1 aromatic heterocycles. The highest BCUT2D eigenvalue weighted by Gasteiger charge is 2.24. The maximum absolute atomic E-state index is 12.8. The SMILES string of the molecule is CCS(=O)(=O)c1ccc(C(=O)N2CCN(c3nc4ccccc4s3)CC2)cc1. The second kappa shape index (κ2) is 7.52. The Morgan fingerprint density at radius 3 is 2.36 bits per heavy atom. The molecule has 8 heteroatoms. The molecule has 1 aliphatic heterocycles. The van der Waals surface area contributed by atoms with Crippen molar-refractivity contribution in [2.45, 2.75) is 11.8 Å². The van der Waals surface area contributed by atoms with E-state index in [4.69, 9.17) is 0 Å². The third kappa shape index (κ3) is 3.62. The van der Waals surface area contributed by atoms with Crippen molar-refractivity contribution in [1.29, 1.82) is 0 Å². The zero-order valence-corrected chi connectivity index (χ0v) is 17.2. The number of carbonyl (C=O) groups is 1. The van der Waals surface area contributed by atoms with Crippen LogP contribution in [-0.2, 0) is 9.84 Å². The molecule has 28 heavy (non-hydrogen) atoms. The van der Waals surface area contributed by atoms with Crippen molar-refractivity contribution in [3.8, 4) is 0 Å². The minimum atomic E-state index is -3.25. The number of piperazine rings is 1. The number of benzene rings is 2. The molecule has 4 rings (SSSR count). The maximum Gasteiger partial charge on any atom is 0.253 e. The fourth-order valence-electron chi connectivity index (χ4n) is 3.25. The van der Waals surface area contributed by atoms with Crippen molar-refractivity contribution in [2.24, 2.45) is 0 Å². The summed E-state index contributed by atoms with van der Waals surface area (Å²) in [5, 5.41) is 0.988. The smallest absolute Gasteiger partial charge is 0.253 e. The van der Waals surface area contributed by atoms with Crippen LogP contribution in [0.4, 0.5) is 5.13 Å². The van der Waals surface area contributed by atoms with Crippen LogP contribution < -0.4 is 4.90 Å². The lowest BCUT2D eigenvalue weighted by Gasteiger charge is -2.34. The lowest BCUT2D eigenvalue weighted by molar-refractivity contribution is 0.0746. The van der Waals surface area contributed by atoms with Crippen molar-refractivity contribution < 1.29 is 13.2 Å². The number of para-hydroxylation sites is 1. The van der Waals surface area contributed by atoms with Gasteiger partial charge in [0.05, 0.1) is 20.9 Å². The molecule has 0 unspecified atom stereocenters. The third-order valence-electron chi connectivity index (χ3n) is 4.96. The highest BCUT2D eigenvalue weighted by Crippen LogP contribution is 2.29. The van der Waals surface area contributed by atoms with E-state index >= 15 is 0 Å². The van der Waals surface area contributed by atoms with E-state index in [1.807, 2.05) is 23.1 Å². The molecule has 0 radical (unpaired) electrons. The van der Waals surface area contributed by atoms with Crippen molar-refractivity contribution >= 4 is 42.4 Å². The first-order chi connectivity index (χ1) is 13.5. The molecule has 1 amide bonds. The van der Waals surface area contributed by atoms with Gasteiger partial charge in [0.1, 0.15) is 0 Å². The summed E-state index contributed by atoms with van der Waals surface area (Å²) in [5.41, 5.74) is 1.52. The monoisotopic (exact) mass is 415 g/mol. The number of hydrogen-bond acceptors (Lipinski definition) is 6. The van der Waals surface area contributed by atoms with Gasteiger partial charge in [0.2, 0.25) is 0 Å². The summed E-state index contributed by atoms with van der Waals surface area (Å²) in [5.74, 6) is -0.0158. The van der Waals surface area contributed by atoms with Crippen LogP contribution in [0.1, 0.15) is 17.3 Å². The maximum atomic E-state index is 12.8. The first-order valence-electron chi connectivity index (χ1n) is 9.20. The van der Waals surface area contributed by atoms with Crippen LogP contribution in [0.25, 0.3) is 10.2 Å². The van der Waals surface area contributed by atoms with Crippen molar-refractivity contribution in [3.05, 3.63) is 54.1 Å². The van der Waals surface area contributed by atoms with E-state index in [0.29, 0.717) is 18.7 Å². The van der Waals surface area contributed by atoms with Gasteiger partial charge in [-0.15, -0.1) is 0 Å². The van der Waals surface area contributed by atoms with Gasteiger partial charge in [-0.1, -0.05) is 30.4 Å². The van der Waals surface area contributed by atoms with E-state index in [0.717, 1.165) is 28.4 Å². The Morgan fingerprint density at radius 2 is 1.71 bits per heavy atom. The van der Waals surface area contributed by atoms with Crippen LogP contribution >= 0.6 is 11.3 Å². The molecular formula is C20H21N3O3S2. The van der Waals surface area contributed by atoms with Gasteiger partial charge in [0.25, 0.3) is 5.91 Å². The molecule has 0 bridgehead atoms. The number of anilines is 1. The van der Waals surface area contributed by atoms with Gasteiger partial charge < -0.3 is 9.80 Å². The van der Waals surface area contributed by atoms with E-state index in [2.05, 4.69) is 16.0 Å². The van der Waals surface area contributed by atoms with E-state index in [9.17, 15) is 13.2 Å². The van der Waals surface area contributed by atoms with Crippen LogP contribution in [0.2, 0.25) is 0 Å². The summed E-state index contributed by atoms with van der Waals surface area (Å²) in [6.45, 7) is 4.30. The first-order valence-corrected chi connectivity index (χ1v) is 11.7. The van der Waals surface area contributed by atoms with Crippen LogP contribution in [0.5, 0.6) is 0 Å². The predicted molar refractivity (Wildman–Crippen MR) is 112 cm³/mol. The van der Waals surface area contributed by atoms with Gasteiger partial charge in [0, 0.05) is 31.7 Å². The molecule has 1 aliphatic rings. The van der Waals surface area contributed by atoms with Crippen LogP contribution in [-0.4, -0.2) is 56.1 Å². The molecule has 1 saturated heterocycles. The average molecular weight is 416 g/mol. The Morgan fingerprint density at radius 1 is 1.04 bits per heavy atom. The molecule has 0 saturated carbocycles. The Labute approximate surface area is 168 Å². The summed E-state index contributed by atoms with van der Waals surface area (Å²) in [4.78, 5) is 21.7. The average Bonchev–Trinajstić information content (AvgIpc) is 3.18. The Hall–Kier alpha value is -2.45. The van der Waals surface area contributed by atoms with Crippen molar-refractivity contribution in [3.63, 3.8) is 0 Å². The van der Waals surface area contributed by atoms with Crippen LogP contribution in [0.15, 0.2) is 53.4 Å². The van der Waals surface area contributed by atoms with E-state index in [1.54, 1.807) is 30.4 Å². The van der Waals surface area contributed by atoms with E-state index < -0.39 is 9.84 Å². The number of hydrogen-bond donors (Lipinski definition) is 0. The van der Waals surface area contributed by atoms with Crippen LogP contribution in [0.3, 0.4) is 0 Å². The fraction of sp³-hybridized carbons (Fsp3) is 0.300. The second-order valence-corrected chi connectivity index (χ2v) is 9.96. The quantitative estimate of drug-likeness (QED) is 0.655. The number of amides is 1. The van der Waals surface area contributed by atoms with Gasteiger partial charge in [-0.3, -0.25) is 4.79 Å². The number of carbonyl (C=O) groups excluding carboxylic acids is 1. The summed E-state index contributed by atoms with van der Waals surface area (Å²) < 4.78 is 25.0. The summed E-state index contributed by atoms with van der Waals surface area (Å²) in [6.07, 6.45) is 0.